The molecule has 160 valence electrons. The molecule has 33 heavy (non-hydrogen) atoms. The number of fused-ring (bicyclic) bond motifs is 2. The van der Waals surface area contributed by atoms with Crippen molar-refractivity contribution in [3.63, 3.8) is 0 Å². The highest BCUT2D eigenvalue weighted by Gasteiger charge is 2.30. The Kier molecular flexibility index (Phi) is 5.24. The van der Waals surface area contributed by atoms with Crippen LogP contribution in [0.3, 0.4) is 0 Å². The molecule has 4 nitrogen and oxygen atoms in total. The molecule has 0 aliphatic carbocycles. The lowest BCUT2D eigenvalue weighted by atomic mass is 9.85. The number of aromatic nitrogens is 1. The molecule has 0 spiro atoms. The molecule has 5 rings (SSSR count). The van der Waals surface area contributed by atoms with E-state index in [9.17, 15) is 10.1 Å². The molecule has 1 aromatic heterocycles. The number of ketones is 1. The van der Waals surface area contributed by atoms with E-state index in [0.29, 0.717) is 5.56 Å². The number of nitrogens with zero attached hydrogens (tertiary/aromatic N) is 3. The van der Waals surface area contributed by atoms with Gasteiger partial charge in [0, 0.05) is 28.4 Å². The Morgan fingerprint density at radius 3 is 2.52 bits per heavy atom. The minimum Gasteiger partial charge on any atom is -0.339 e. The van der Waals surface area contributed by atoms with Crippen molar-refractivity contribution in [2.24, 2.45) is 0 Å². The van der Waals surface area contributed by atoms with E-state index in [1.807, 2.05) is 90.8 Å². The van der Waals surface area contributed by atoms with E-state index in [2.05, 4.69) is 19.1 Å². The number of rotatable bonds is 4. The number of aryl methyl sites for hydroxylation is 2. The summed E-state index contributed by atoms with van der Waals surface area (Å²) in [5, 5.41) is 11.2. The Labute approximate surface area is 193 Å². The van der Waals surface area contributed by atoms with Crippen LogP contribution in [0.4, 0.5) is 5.69 Å². The third-order valence-corrected chi connectivity index (χ3v) is 6.09. The Bertz CT molecular complexity index is 1450. The third kappa shape index (κ3) is 3.90. The molecule has 1 aliphatic rings. The van der Waals surface area contributed by atoms with Gasteiger partial charge in [0.15, 0.2) is 5.78 Å². The van der Waals surface area contributed by atoms with Crippen LogP contribution in [-0.4, -0.2) is 17.3 Å². The average Bonchev–Trinajstić information content (AvgIpc) is 2.83. The summed E-state index contributed by atoms with van der Waals surface area (Å²) in [6.45, 7) is 4.26. The first-order chi connectivity index (χ1) is 16.0. The number of carbonyl (C=O) groups excluding carboxylic acids is 1. The minimum atomic E-state index is -0.460. The zero-order valence-corrected chi connectivity index (χ0v) is 18.6. The van der Waals surface area contributed by atoms with Crippen LogP contribution in [0.1, 0.15) is 38.7 Å². The lowest BCUT2D eigenvalue weighted by molar-refractivity contribution is 0.100. The number of Topliss-reactive ketones (excluding diaryl/α,β-unsaturated/α-hetero) is 1. The number of hydrogen-bond donors (Lipinski definition) is 0. The van der Waals surface area contributed by atoms with Gasteiger partial charge in [0.25, 0.3) is 0 Å². The summed E-state index contributed by atoms with van der Waals surface area (Å²) in [7, 11) is 0. The van der Waals surface area contributed by atoms with E-state index in [-0.39, 0.29) is 12.3 Å². The van der Waals surface area contributed by atoms with Gasteiger partial charge in [-0.25, -0.2) is 4.98 Å². The van der Waals surface area contributed by atoms with Crippen molar-refractivity contribution < 1.29 is 4.79 Å². The summed E-state index contributed by atoms with van der Waals surface area (Å²) >= 11 is 0. The number of nitriles is 1. The van der Waals surface area contributed by atoms with Crippen molar-refractivity contribution >= 4 is 27.9 Å². The Hall–Kier alpha value is -4.23. The molecule has 0 bridgehead atoms. The van der Waals surface area contributed by atoms with Crippen LogP contribution in [-0.2, 0) is 0 Å². The van der Waals surface area contributed by atoms with Gasteiger partial charge in [0.05, 0.1) is 23.8 Å². The maximum absolute atomic E-state index is 13.0. The molecule has 1 unspecified atom stereocenters. The van der Waals surface area contributed by atoms with Crippen molar-refractivity contribution in [2.75, 3.05) is 11.4 Å². The van der Waals surface area contributed by atoms with Gasteiger partial charge in [-0.1, -0.05) is 65.7 Å². The summed E-state index contributed by atoms with van der Waals surface area (Å²) < 4.78 is 0. The van der Waals surface area contributed by atoms with Gasteiger partial charge in [-0.2, -0.15) is 5.26 Å². The molecule has 0 radical (unpaired) electrons. The first-order valence-electron chi connectivity index (χ1n) is 11.0. The fourth-order valence-electron chi connectivity index (χ4n) is 4.41. The van der Waals surface area contributed by atoms with Gasteiger partial charge in [-0.15, -0.1) is 0 Å². The van der Waals surface area contributed by atoms with Crippen molar-refractivity contribution in [3.05, 3.63) is 113 Å². The topological polar surface area (TPSA) is 57.0 Å². The molecule has 4 aromatic rings. The number of carbonyl (C=O) groups is 1. The standard InChI is InChI=1S/C29H23N3O/c1-19-8-11-26-22(14-19)10-12-27(31-26)25-17-32(18-29(33)21-6-4-3-5-7-21)28-13-9-20(2)15-23(28)24(25)16-30/h3-15,17,24H,18H2,1-2H3. The average molecular weight is 430 g/mol. The number of benzene rings is 3. The van der Waals surface area contributed by atoms with Crippen LogP contribution < -0.4 is 4.90 Å². The van der Waals surface area contributed by atoms with Gasteiger partial charge in [-0.05, 0) is 43.7 Å². The molecule has 0 saturated carbocycles. The third-order valence-electron chi connectivity index (χ3n) is 6.09. The second kappa shape index (κ2) is 8.37. The van der Waals surface area contributed by atoms with Crippen LogP contribution >= 0.6 is 0 Å². The molecule has 1 atom stereocenters. The molecule has 0 amide bonds. The molecule has 2 heterocycles. The van der Waals surface area contributed by atoms with Crippen LogP contribution in [0.5, 0.6) is 0 Å². The van der Waals surface area contributed by atoms with Crippen molar-refractivity contribution in [3.8, 4) is 6.07 Å². The van der Waals surface area contributed by atoms with E-state index in [4.69, 9.17) is 4.98 Å². The van der Waals surface area contributed by atoms with Crippen LogP contribution in [0, 0.1) is 25.2 Å². The molecule has 0 saturated heterocycles. The van der Waals surface area contributed by atoms with Crippen LogP contribution in [0.2, 0.25) is 0 Å². The summed E-state index contributed by atoms with van der Waals surface area (Å²) in [6.07, 6.45) is 1.93. The molecular weight excluding hydrogens is 406 g/mol. The number of allylic oxidation sites excluding steroid dienone is 1. The number of anilines is 1. The summed E-state index contributed by atoms with van der Waals surface area (Å²) in [6, 6.07) is 28.0. The van der Waals surface area contributed by atoms with Gasteiger partial charge in [0.2, 0.25) is 0 Å². The SMILES string of the molecule is Cc1ccc2c(c1)C(C#N)C(c1ccc3cc(C)ccc3n1)=CN2CC(=O)c1ccccc1. The zero-order chi connectivity index (χ0) is 22.9. The first kappa shape index (κ1) is 20.7. The highest BCUT2D eigenvalue weighted by atomic mass is 16.1. The monoisotopic (exact) mass is 429 g/mol. The lowest BCUT2D eigenvalue weighted by Crippen LogP contribution is -2.29. The van der Waals surface area contributed by atoms with Crippen LogP contribution in [0.15, 0.2) is 85.1 Å². The maximum atomic E-state index is 13.0. The smallest absolute Gasteiger partial charge is 0.182 e. The van der Waals surface area contributed by atoms with E-state index in [1.165, 1.54) is 5.56 Å². The summed E-state index contributed by atoms with van der Waals surface area (Å²) in [5.74, 6) is -0.437. The molecule has 0 N–H and O–H groups in total. The zero-order valence-electron chi connectivity index (χ0n) is 18.6. The van der Waals surface area contributed by atoms with Gasteiger partial charge >= 0.3 is 0 Å². The molecule has 4 heteroatoms. The Morgan fingerprint density at radius 1 is 0.970 bits per heavy atom. The fourth-order valence-corrected chi connectivity index (χ4v) is 4.41. The highest BCUT2D eigenvalue weighted by Crippen LogP contribution is 2.42. The predicted octanol–water partition coefficient (Wildman–Crippen LogP) is 6.20. The molecule has 1 aliphatic heterocycles. The second-order valence-electron chi connectivity index (χ2n) is 8.52. The van der Waals surface area contributed by atoms with Gasteiger partial charge in [-0.3, -0.25) is 4.79 Å². The number of hydrogen-bond acceptors (Lipinski definition) is 4. The van der Waals surface area contributed by atoms with Crippen molar-refractivity contribution in [2.45, 2.75) is 19.8 Å². The summed E-state index contributed by atoms with van der Waals surface area (Å²) in [5.41, 5.74) is 7.16. The quantitative estimate of drug-likeness (QED) is 0.362. The fraction of sp³-hybridized carbons (Fsp3) is 0.138. The van der Waals surface area contributed by atoms with Crippen molar-refractivity contribution in [1.82, 2.24) is 4.98 Å². The second-order valence-corrected chi connectivity index (χ2v) is 8.52. The van der Waals surface area contributed by atoms with E-state index in [0.717, 1.165) is 39.0 Å². The molecular formula is C29H23N3O. The van der Waals surface area contributed by atoms with E-state index in [1.54, 1.807) is 0 Å². The van der Waals surface area contributed by atoms with Crippen LogP contribution in [0.25, 0.3) is 16.5 Å². The normalized spacial score (nSPS) is 15.0. The Morgan fingerprint density at radius 2 is 1.73 bits per heavy atom. The van der Waals surface area contributed by atoms with Crippen molar-refractivity contribution in [1.29, 1.82) is 5.26 Å². The minimum absolute atomic E-state index is 0.0232. The lowest BCUT2D eigenvalue weighted by Gasteiger charge is -2.32. The number of pyridine rings is 1. The van der Waals surface area contributed by atoms with Gasteiger partial charge < -0.3 is 4.90 Å². The maximum Gasteiger partial charge on any atom is 0.182 e. The highest BCUT2D eigenvalue weighted by molar-refractivity contribution is 6.00. The van der Waals surface area contributed by atoms with E-state index < -0.39 is 5.92 Å². The summed E-state index contributed by atoms with van der Waals surface area (Å²) in [4.78, 5) is 19.9. The van der Waals surface area contributed by atoms with E-state index >= 15 is 0 Å². The largest absolute Gasteiger partial charge is 0.339 e. The molecule has 0 fully saturated rings. The predicted molar refractivity (Wildman–Crippen MR) is 132 cm³/mol. The van der Waals surface area contributed by atoms with Gasteiger partial charge in [0.1, 0.15) is 5.92 Å². The Balaban J connectivity index is 1.62. The molecule has 3 aromatic carbocycles. The first-order valence-corrected chi connectivity index (χ1v) is 11.0.